The molecule has 11 heteroatoms. The monoisotopic (exact) mass is 487 g/mol. The Kier molecular flexibility index (Phi) is 7.36. The van der Waals surface area contributed by atoms with Crippen LogP contribution in [0.2, 0.25) is 5.02 Å². The zero-order valence-corrected chi connectivity index (χ0v) is 19.9. The van der Waals surface area contributed by atoms with Gasteiger partial charge < -0.3 is 9.30 Å². The third-order valence-corrected chi connectivity index (χ3v) is 6.31. The number of hydrogen-bond donors (Lipinski definition) is 1. The normalized spacial score (nSPS) is 11.1. The molecule has 2 aromatic heterocycles. The van der Waals surface area contributed by atoms with E-state index in [0.29, 0.717) is 24.0 Å². The Labute approximate surface area is 196 Å². The van der Waals surface area contributed by atoms with E-state index >= 15 is 0 Å². The van der Waals surface area contributed by atoms with Gasteiger partial charge in [-0.1, -0.05) is 37.1 Å². The average molecular weight is 488 g/mol. The van der Waals surface area contributed by atoms with Gasteiger partial charge in [0, 0.05) is 24.9 Å². The van der Waals surface area contributed by atoms with Crippen molar-refractivity contribution in [2.75, 3.05) is 10.5 Å². The van der Waals surface area contributed by atoms with Crippen LogP contribution >= 0.6 is 11.6 Å². The first-order valence-electron chi connectivity index (χ1n) is 10.1. The molecule has 0 aliphatic rings. The number of unbranched alkanes of at least 4 members (excludes halogenated alkanes) is 1. The van der Waals surface area contributed by atoms with Gasteiger partial charge in [-0.2, -0.15) is 15.2 Å². The van der Waals surface area contributed by atoms with Gasteiger partial charge in [0.2, 0.25) is 10.0 Å². The summed E-state index contributed by atoms with van der Waals surface area (Å²) in [6.07, 6.45) is 2.72. The third-order valence-electron chi connectivity index (χ3n) is 4.69. The number of sulfonamides is 1. The molecule has 172 valence electrons. The second-order valence-electron chi connectivity index (χ2n) is 7.35. The number of halogens is 1. The van der Waals surface area contributed by atoms with E-state index in [1.165, 1.54) is 29.9 Å². The first kappa shape index (κ1) is 24.2. The maximum absolute atomic E-state index is 12.5. The molecule has 0 spiro atoms. The predicted molar refractivity (Wildman–Crippen MR) is 126 cm³/mol. The number of pyridine rings is 1. The molecule has 1 aromatic carbocycles. The van der Waals surface area contributed by atoms with Crippen LogP contribution < -0.4 is 15.0 Å². The minimum Gasteiger partial charge on any atom is -0.423 e. The minimum absolute atomic E-state index is 0.0110. The minimum atomic E-state index is -3.66. The van der Waals surface area contributed by atoms with Gasteiger partial charge >= 0.3 is 6.01 Å². The lowest BCUT2D eigenvalue weighted by atomic mass is 10.1. The zero-order valence-electron chi connectivity index (χ0n) is 18.3. The first-order valence-corrected chi connectivity index (χ1v) is 12.1. The number of aryl methyl sites for hydroxylation is 2. The highest BCUT2D eigenvalue weighted by molar-refractivity contribution is 7.92. The lowest BCUT2D eigenvalue weighted by molar-refractivity contribution is 0.439. The predicted octanol–water partition coefficient (Wildman–Crippen LogP) is 4.01. The van der Waals surface area contributed by atoms with Crippen molar-refractivity contribution in [3.63, 3.8) is 0 Å². The van der Waals surface area contributed by atoms with E-state index in [2.05, 4.69) is 20.8 Å². The Hall–Kier alpha value is -3.42. The van der Waals surface area contributed by atoms with Gasteiger partial charge in [0.25, 0.3) is 5.56 Å². The SMILES string of the molecule is CCCCS(=O)(=O)Nc1cc(-c2cc(Cl)c(=O)n(C)c2)nc(Oc2c(C)cccc2C#N)n1. The molecule has 9 nitrogen and oxygen atoms in total. The highest BCUT2D eigenvalue weighted by atomic mass is 35.5. The number of ether oxygens (including phenoxy) is 1. The number of nitrogens with zero attached hydrogens (tertiary/aromatic N) is 4. The summed E-state index contributed by atoms with van der Waals surface area (Å²) in [6, 6.07) is 9.81. The molecule has 0 fully saturated rings. The maximum Gasteiger partial charge on any atom is 0.324 e. The molecule has 33 heavy (non-hydrogen) atoms. The maximum atomic E-state index is 12.5. The molecule has 1 N–H and O–H groups in total. The number of nitrogens with one attached hydrogen (secondary N) is 1. The fraction of sp³-hybridized carbons (Fsp3) is 0.273. The second-order valence-corrected chi connectivity index (χ2v) is 9.60. The smallest absolute Gasteiger partial charge is 0.324 e. The number of benzene rings is 1. The largest absolute Gasteiger partial charge is 0.423 e. The van der Waals surface area contributed by atoms with Gasteiger partial charge in [0.1, 0.15) is 16.9 Å². The number of para-hydroxylation sites is 1. The molecule has 0 saturated heterocycles. The van der Waals surface area contributed by atoms with Crippen molar-refractivity contribution in [1.29, 1.82) is 5.26 Å². The van der Waals surface area contributed by atoms with Crippen molar-refractivity contribution in [1.82, 2.24) is 14.5 Å². The third kappa shape index (κ3) is 5.88. The van der Waals surface area contributed by atoms with E-state index in [9.17, 15) is 18.5 Å². The molecular weight excluding hydrogens is 466 g/mol. The van der Waals surface area contributed by atoms with E-state index in [1.807, 2.05) is 6.92 Å². The van der Waals surface area contributed by atoms with E-state index in [-0.39, 0.29) is 45.2 Å². The van der Waals surface area contributed by atoms with Crippen LogP contribution in [0.4, 0.5) is 5.82 Å². The van der Waals surface area contributed by atoms with Crippen molar-refractivity contribution in [2.24, 2.45) is 7.05 Å². The van der Waals surface area contributed by atoms with E-state index in [4.69, 9.17) is 16.3 Å². The molecule has 0 atom stereocenters. The standard InChI is InChI=1S/C22H22ClN5O4S/c1-4-5-9-33(30,31)27-19-11-18(16-10-17(23)21(29)28(3)13-16)25-22(26-19)32-20-14(2)7-6-8-15(20)12-24/h6-8,10-11,13H,4-5,9H2,1-3H3,(H,25,26,27). The number of aromatic nitrogens is 3. The van der Waals surface area contributed by atoms with Crippen LogP contribution in [-0.2, 0) is 17.1 Å². The van der Waals surface area contributed by atoms with Crippen LogP contribution in [0.3, 0.4) is 0 Å². The quantitative estimate of drug-likeness (QED) is 0.508. The lowest BCUT2D eigenvalue weighted by Crippen LogP contribution is -2.18. The Morgan fingerprint density at radius 1 is 1.27 bits per heavy atom. The molecule has 0 saturated carbocycles. The topological polar surface area (TPSA) is 127 Å². The summed E-state index contributed by atoms with van der Waals surface area (Å²) in [5.74, 6) is 0.180. The van der Waals surface area contributed by atoms with Gasteiger partial charge in [0.15, 0.2) is 5.75 Å². The van der Waals surface area contributed by atoms with Gasteiger partial charge in [-0.25, -0.2) is 8.42 Å². The van der Waals surface area contributed by atoms with Crippen LogP contribution in [0.1, 0.15) is 30.9 Å². The van der Waals surface area contributed by atoms with Gasteiger partial charge in [0.05, 0.1) is 17.0 Å². The highest BCUT2D eigenvalue weighted by Crippen LogP contribution is 2.30. The molecule has 0 aliphatic heterocycles. The highest BCUT2D eigenvalue weighted by Gasteiger charge is 2.17. The summed E-state index contributed by atoms with van der Waals surface area (Å²) in [7, 11) is -2.12. The molecule has 0 amide bonds. The van der Waals surface area contributed by atoms with Crippen molar-refractivity contribution in [2.45, 2.75) is 26.7 Å². The average Bonchev–Trinajstić information content (AvgIpc) is 2.76. The van der Waals surface area contributed by atoms with Crippen LogP contribution in [0, 0.1) is 18.3 Å². The summed E-state index contributed by atoms with van der Waals surface area (Å²) in [5.41, 5.74) is 1.30. The number of anilines is 1. The van der Waals surface area contributed by atoms with Crippen molar-refractivity contribution >= 4 is 27.4 Å². The van der Waals surface area contributed by atoms with Gasteiger partial charge in [-0.3, -0.25) is 9.52 Å². The number of nitriles is 1. The summed E-state index contributed by atoms with van der Waals surface area (Å²) >= 11 is 6.05. The van der Waals surface area contributed by atoms with Gasteiger partial charge in [-0.05, 0) is 31.0 Å². The van der Waals surface area contributed by atoms with E-state index < -0.39 is 10.0 Å². The van der Waals surface area contributed by atoms with Crippen LogP contribution in [-0.4, -0.2) is 28.7 Å². The Balaban J connectivity index is 2.13. The molecule has 3 rings (SSSR count). The number of rotatable bonds is 8. The fourth-order valence-corrected chi connectivity index (χ4v) is 4.44. The summed E-state index contributed by atoms with van der Waals surface area (Å²) in [4.78, 5) is 20.5. The fourth-order valence-electron chi connectivity index (χ4n) is 2.99. The molecule has 0 aliphatic carbocycles. The Bertz CT molecular complexity index is 1370. The second kappa shape index (κ2) is 10.0. The van der Waals surface area contributed by atoms with Crippen molar-refractivity contribution in [3.05, 3.63) is 63.0 Å². The van der Waals surface area contributed by atoms with Crippen molar-refractivity contribution in [3.8, 4) is 29.1 Å². The molecule has 2 heterocycles. The molecule has 0 radical (unpaired) electrons. The number of hydrogen-bond acceptors (Lipinski definition) is 7. The summed E-state index contributed by atoms with van der Waals surface area (Å²) in [6.45, 7) is 3.66. The van der Waals surface area contributed by atoms with Crippen molar-refractivity contribution < 1.29 is 13.2 Å². The Morgan fingerprint density at radius 2 is 2.03 bits per heavy atom. The van der Waals surface area contributed by atoms with E-state index in [0.717, 1.165) is 0 Å². The molecule has 0 bridgehead atoms. The molecule has 0 unspecified atom stereocenters. The van der Waals surface area contributed by atoms with Crippen LogP contribution in [0.5, 0.6) is 11.8 Å². The lowest BCUT2D eigenvalue weighted by Gasteiger charge is -2.13. The summed E-state index contributed by atoms with van der Waals surface area (Å²) < 4.78 is 34.5. The first-order chi connectivity index (χ1) is 15.6. The zero-order chi connectivity index (χ0) is 24.2. The van der Waals surface area contributed by atoms with E-state index in [1.54, 1.807) is 25.1 Å². The molecule has 3 aromatic rings. The molecular formula is C22H22ClN5O4S. The Morgan fingerprint density at radius 3 is 2.70 bits per heavy atom. The summed E-state index contributed by atoms with van der Waals surface area (Å²) in [5, 5.41) is 9.40. The van der Waals surface area contributed by atoms with Crippen LogP contribution in [0.15, 0.2) is 41.3 Å². The van der Waals surface area contributed by atoms with Crippen LogP contribution in [0.25, 0.3) is 11.3 Å². The van der Waals surface area contributed by atoms with Gasteiger partial charge in [-0.15, -0.1) is 0 Å².